The van der Waals surface area contributed by atoms with Crippen LogP contribution < -0.4 is 21.6 Å². The van der Waals surface area contributed by atoms with Crippen molar-refractivity contribution >= 4 is 29.0 Å². The Bertz CT molecular complexity index is 973. The first-order chi connectivity index (χ1) is 12.1. The minimum absolute atomic E-state index is 0.196. The van der Waals surface area contributed by atoms with Crippen LogP contribution in [-0.2, 0) is 11.3 Å². The van der Waals surface area contributed by atoms with Gasteiger partial charge in [-0.2, -0.15) is 0 Å². The third-order valence-electron chi connectivity index (χ3n) is 3.44. The van der Waals surface area contributed by atoms with Gasteiger partial charge in [0.2, 0.25) is 5.91 Å². The number of nitrogens with zero attached hydrogens (tertiary/aromatic N) is 3. The molecule has 0 spiro atoms. The van der Waals surface area contributed by atoms with Gasteiger partial charge < -0.3 is 16.0 Å². The quantitative estimate of drug-likeness (QED) is 0.655. The zero-order valence-corrected chi connectivity index (χ0v) is 13.4. The van der Waals surface area contributed by atoms with E-state index in [0.717, 1.165) is 4.68 Å². The zero-order valence-electron chi connectivity index (χ0n) is 13.4. The normalized spacial score (nSPS) is 10.4. The summed E-state index contributed by atoms with van der Waals surface area (Å²) in [6.45, 7) is -0.196. The summed E-state index contributed by atoms with van der Waals surface area (Å²) in [6, 6.07) is 11.4. The number of hydrogen-bond donors (Lipinski definition) is 3. The van der Waals surface area contributed by atoms with E-state index in [1.807, 2.05) is 0 Å². The summed E-state index contributed by atoms with van der Waals surface area (Å²) < 4.78 is 2.47. The monoisotopic (exact) mass is 340 g/mol. The first-order valence-corrected chi connectivity index (χ1v) is 7.49. The molecule has 0 fully saturated rings. The van der Waals surface area contributed by atoms with Crippen LogP contribution in [0.5, 0.6) is 0 Å². The summed E-state index contributed by atoms with van der Waals surface area (Å²) in [5.74, 6) is -0.377. The fourth-order valence-electron chi connectivity index (χ4n) is 2.24. The van der Waals surface area contributed by atoms with Gasteiger partial charge in [-0.25, -0.2) is 14.3 Å². The number of carbonyl (C=O) groups is 2. The number of amides is 3. The van der Waals surface area contributed by atoms with E-state index in [1.165, 1.54) is 11.4 Å². The number of hydrogen-bond acceptors (Lipinski definition) is 4. The van der Waals surface area contributed by atoms with Gasteiger partial charge in [0.1, 0.15) is 6.54 Å². The maximum atomic E-state index is 12.1. The molecular weight excluding hydrogens is 324 g/mol. The number of pyridine rings is 1. The van der Waals surface area contributed by atoms with Crippen LogP contribution in [0.4, 0.5) is 16.2 Å². The van der Waals surface area contributed by atoms with E-state index >= 15 is 0 Å². The Hall–Kier alpha value is -3.62. The van der Waals surface area contributed by atoms with Crippen molar-refractivity contribution in [2.75, 3.05) is 17.7 Å². The number of anilines is 2. The molecule has 0 aliphatic heterocycles. The van der Waals surface area contributed by atoms with Crippen LogP contribution in [0.3, 0.4) is 0 Å². The van der Waals surface area contributed by atoms with Crippen LogP contribution in [0.15, 0.2) is 53.5 Å². The highest BCUT2D eigenvalue weighted by Gasteiger charge is 2.10. The van der Waals surface area contributed by atoms with Crippen molar-refractivity contribution in [3.8, 4) is 0 Å². The fraction of sp³-hybridized carbons (Fsp3) is 0.125. The highest BCUT2D eigenvalue weighted by molar-refractivity contribution is 5.92. The van der Waals surface area contributed by atoms with Gasteiger partial charge >= 0.3 is 11.7 Å². The van der Waals surface area contributed by atoms with E-state index < -0.39 is 0 Å². The molecule has 25 heavy (non-hydrogen) atoms. The molecule has 2 aromatic heterocycles. The highest BCUT2D eigenvalue weighted by atomic mass is 16.2. The summed E-state index contributed by atoms with van der Waals surface area (Å²) in [7, 11) is 1.52. The number of fused-ring (bicyclic) bond motifs is 1. The predicted octanol–water partition coefficient (Wildman–Crippen LogP) is 0.886. The van der Waals surface area contributed by atoms with Crippen molar-refractivity contribution in [3.05, 3.63) is 59.1 Å². The minimum atomic E-state index is -0.379. The smallest absolute Gasteiger partial charge is 0.341 e. The molecular formula is C16H16N6O3. The molecule has 0 aliphatic rings. The predicted molar refractivity (Wildman–Crippen MR) is 92.6 cm³/mol. The van der Waals surface area contributed by atoms with E-state index in [4.69, 9.17) is 0 Å². The third kappa shape index (κ3) is 3.66. The van der Waals surface area contributed by atoms with Crippen molar-refractivity contribution in [1.82, 2.24) is 19.5 Å². The number of aromatic nitrogens is 3. The Labute approximate surface area is 142 Å². The molecule has 3 amide bonds. The van der Waals surface area contributed by atoms with Gasteiger partial charge in [0, 0.05) is 24.6 Å². The van der Waals surface area contributed by atoms with E-state index in [1.54, 1.807) is 48.7 Å². The molecule has 0 aliphatic carbocycles. The molecule has 9 heteroatoms. The number of carbonyl (C=O) groups excluding carboxylic acids is 2. The summed E-state index contributed by atoms with van der Waals surface area (Å²) in [5.41, 5.74) is 1.24. The van der Waals surface area contributed by atoms with Crippen LogP contribution in [0.1, 0.15) is 0 Å². The molecule has 3 N–H and O–H groups in total. The van der Waals surface area contributed by atoms with Gasteiger partial charge in [-0.15, -0.1) is 5.10 Å². The number of urea groups is 1. The first kappa shape index (κ1) is 16.2. The topological polar surface area (TPSA) is 110 Å². The number of benzene rings is 1. The third-order valence-corrected chi connectivity index (χ3v) is 3.44. The van der Waals surface area contributed by atoms with Crippen LogP contribution in [0, 0.1) is 0 Å². The van der Waals surface area contributed by atoms with Gasteiger partial charge in [-0.3, -0.25) is 9.20 Å². The lowest BCUT2D eigenvalue weighted by atomic mass is 10.3. The second-order valence-corrected chi connectivity index (χ2v) is 5.20. The van der Waals surface area contributed by atoms with Crippen molar-refractivity contribution in [2.24, 2.45) is 0 Å². The lowest BCUT2D eigenvalue weighted by Gasteiger charge is -2.07. The van der Waals surface area contributed by atoms with Gasteiger partial charge in [0.25, 0.3) is 0 Å². The van der Waals surface area contributed by atoms with Gasteiger partial charge in [-0.1, -0.05) is 6.07 Å². The Morgan fingerprint density at radius 3 is 2.36 bits per heavy atom. The molecule has 3 aromatic rings. The highest BCUT2D eigenvalue weighted by Crippen LogP contribution is 2.13. The number of rotatable bonds is 4. The minimum Gasteiger partial charge on any atom is -0.341 e. The molecule has 1 aromatic carbocycles. The maximum Gasteiger partial charge on any atom is 0.350 e. The van der Waals surface area contributed by atoms with Crippen molar-refractivity contribution < 1.29 is 9.59 Å². The van der Waals surface area contributed by atoms with Gasteiger partial charge in [0.15, 0.2) is 5.65 Å². The summed E-state index contributed by atoms with van der Waals surface area (Å²) in [4.78, 5) is 35.5. The fourth-order valence-corrected chi connectivity index (χ4v) is 2.24. The average Bonchev–Trinajstić information content (AvgIpc) is 2.92. The Morgan fingerprint density at radius 2 is 1.72 bits per heavy atom. The molecule has 0 atom stereocenters. The second-order valence-electron chi connectivity index (χ2n) is 5.20. The van der Waals surface area contributed by atoms with Gasteiger partial charge in [0.05, 0.1) is 0 Å². The van der Waals surface area contributed by atoms with Crippen LogP contribution >= 0.6 is 0 Å². The molecule has 3 rings (SSSR count). The molecule has 0 bridgehead atoms. The van der Waals surface area contributed by atoms with E-state index in [9.17, 15) is 14.4 Å². The lowest BCUT2D eigenvalue weighted by Crippen LogP contribution is -2.28. The molecule has 0 saturated heterocycles. The maximum absolute atomic E-state index is 12.1. The second kappa shape index (κ2) is 6.87. The van der Waals surface area contributed by atoms with Crippen LogP contribution in [-0.4, -0.2) is 33.2 Å². The molecule has 0 unspecified atom stereocenters. The molecule has 2 heterocycles. The standard InChI is InChI=1S/C16H16N6O3/c1-17-15(24)19-12-7-5-11(6-8-12)18-14(23)10-22-16(25)21-9-3-2-4-13(21)20-22/h2-9H,10H2,1H3,(H,18,23)(H2,17,19,24). The summed E-state index contributed by atoms with van der Waals surface area (Å²) >= 11 is 0. The Balaban J connectivity index is 1.66. The number of nitrogens with one attached hydrogen (secondary N) is 3. The lowest BCUT2D eigenvalue weighted by molar-refractivity contribution is -0.117. The average molecular weight is 340 g/mol. The molecule has 9 nitrogen and oxygen atoms in total. The van der Waals surface area contributed by atoms with Crippen molar-refractivity contribution in [3.63, 3.8) is 0 Å². The zero-order chi connectivity index (χ0) is 17.8. The molecule has 0 saturated carbocycles. The van der Waals surface area contributed by atoms with Crippen LogP contribution in [0.2, 0.25) is 0 Å². The first-order valence-electron chi connectivity index (χ1n) is 7.49. The van der Waals surface area contributed by atoms with Crippen molar-refractivity contribution in [2.45, 2.75) is 6.54 Å². The molecule has 0 radical (unpaired) electrons. The van der Waals surface area contributed by atoms with Crippen LogP contribution in [0.25, 0.3) is 5.65 Å². The van der Waals surface area contributed by atoms with Crippen molar-refractivity contribution in [1.29, 1.82) is 0 Å². The summed E-state index contributed by atoms with van der Waals surface area (Å²) in [6.07, 6.45) is 1.59. The SMILES string of the molecule is CNC(=O)Nc1ccc(NC(=O)Cn2nc3ccccn3c2=O)cc1. The largest absolute Gasteiger partial charge is 0.350 e. The van der Waals surface area contributed by atoms with E-state index in [0.29, 0.717) is 17.0 Å². The van der Waals surface area contributed by atoms with E-state index in [2.05, 4.69) is 21.0 Å². The van der Waals surface area contributed by atoms with E-state index in [-0.39, 0.29) is 24.2 Å². The summed E-state index contributed by atoms with van der Waals surface area (Å²) in [5, 5.41) is 11.8. The Kier molecular flexibility index (Phi) is 4.46. The Morgan fingerprint density at radius 1 is 1.04 bits per heavy atom. The molecule has 128 valence electrons. The van der Waals surface area contributed by atoms with Gasteiger partial charge in [-0.05, 0) is 36.4 Å².